The van der Waals surface area contributed by atoms with Crippen molar-refractivity contribution in [2.45, 2.75) is 25.3 Å². The number of benzene rings is 2. The number of hydrogen-bond donors (Lipinski definition) is 1. The molecule has 1 aliphatic rings. The fraction of sp³-hybridized carbons (Fsp3) is 0.208. The molecule has 2 aromatic heterocycles. The Morgan fingerprint density at radius 2 is 2.03 bits per heavy atom. The van der Waals surface area contributed by atoms with E-state index < -0.39 is 0 Å². The summed E-state index contributed by atoms with van der Waals surface area (Å²) in [4.78, 5) is 19.4. The first kappa shape index (κ1) is 20.5. The van der Waals surface area contributed by atoms with E-state index in [-0.39, 0.29) is 17.8 Å². The first-order valence-electron chi connectivity index (χ1n) is 10.4. The normalized spacial score (nSPS) is 15.9. The maximum absolute atomic E-state index is 13.2. The topological polar surface area (TPSA) is 75.0 Å². The maximum Gasteiger partial charge on any atom is 0.272 e. The highest BCUT2D eigenvalue weighted by atomic mass is 35.5. The molecule has 2 aromatic carbocycles. The number of halogens is 2. The van der Waals surface area contributed by atoms with E-state index in [9.17, 15) is 9.18 Å². The summed E-state index contributed by atoms with van der Waals surface area (Å²) in [6, 6.07) is 15.1. The van der Waals surface area contributed by atoms with Crippen molar-refractivity contribution in [3.8, 4) is 11.3 Å². The molecular weight excluding hydrogens is 431 g/mol. The highest BCUT2D eigenvalue weighted by Crippen LogP contribution is 2.33. The lowest BCUT2D eigenvalue weighted by atomic mass is 10.1. The van der Waals surface area contributed by atoms with Gasteiger partial charge in [-0.25, -0.2) is 9.37 Å². The molecule has 0 spiro atoms. The van der Waals surface area contributed by atoms with Gasteiger partial charge in [0.15, 0.2) is 0 Å². The van der Waals surface area contributed by atoms with Gasteiger partial charge >= 0.3 is 0 Å². The second-order valence-corrected chi connectivity index (χ2v) is 8.17. The van der Waals surface area contributed by atoms with Gasteiger partial charge in [0.25, 0.3) is 5.91 Å². The van der Waals surface area contributed by atoms with E-state index in [1.807, 2.05) is 24.3 Å². The average molecular weight is 451 g/mol. The number of oxazole rings is 1. The van der Waals surface area contributed by atoms with E-state index in [1.54, 1.807) is 29.3 Å². The van der Waals surface area contributed by atoms with Crippen LogP contribution in [0.25, 0.3) is 11.3 Å². The first-order chi connectivity index (χ1) is 15.6. The Labute approximate surface area is 189 Å². The fourth-order valence-electron chi connectivity index (χ4n) is 4.01. The first-order valence-corrected chi connectivity index (χ1v) is 10.8. The lowest BCUT2D eigenvalue weighted by Gasteiger charge is -2.21. The molecule has 0 unspecified atom stereocenters. The maximum atomic E-state index is 13.2. The molecule has 32 heavy (non-hydrogen) atoms. The van der Waals surface area contributed by atoms with Gasteiger partial charge in [-0.15, -0.1) is 0 Å². The molecule has 0 radical (unpaired) electrons. The minimum Gasteiger partial charge on any atom is -0.443 e. The van der Waals surface area contributed by atoms with Crippen LogP contribution in [-0.2, 0) is 6.42 Å². The number of rotatable bonds is 5. The van der Waals surface area contributed by atoms with E-state index in [2.05, 4.69) is 15.2 Å². The number of amides is 1. The van der Waals surface area contributed by atoms with Gasteiger partial charge in [-0.3, -0.25) is 9.89 Å². The van der Waals surface area contributed by atoms with Gasteiger partial charge in [0.2, 0.25) is 5.89 Å². The lowest BCUT2D eigenvalue weighted by Crippen LogP contribution is -2.31. The van der Waals surface area contributed by atoms with E-state index in [0.29, 0.717) is 41.0 Å². The Kier molecular flexibility index (Phi) is 5.49. The van der Waals surface area contributed by atoms with Crippen LogP contribution in [0.5, 0.6) is 0 Å². The summed E-state index contributed by atoms with van der Waals surface area (Å²) < 4.78 is 19.2. The van der Waals surface area contributed by atoms with Crippen LogP contribution in [0, 0.1) is 5.82 Å². The summed E-state index contributed by atoms with van der Waals surface area (Å²) in [6.07, 6.45) is 3.87. The summed E-state index contributed by atoms with van der Waals surface area (Å²) in [5.74, 6) is 0.739. The summed E-state index contributed by atoms with van der Waals surface area (Å²) in [7, 11) is 0. The third-order valence-electron chi connectivity index (χ3n) is 5.64. The molecule has 162 valence electrons. The Morgan fingerprint density at radius 1 is 1.22 bits per heavy atom. The quantitative estimate of drug-likeness (QED) is 0.440. The minimum atomic E-state index is -0.319. The van der Waals surface area contributed by atoms with Crippen molar-refractivity contribution in [2.75, 3.05) is 6.54 Å². The highest BCUT2D eigenvalue weighted by molar-refractivity contribution is 6.31. The molecule has 8 heteroatoms. The number of H-pyrrole nitrogens is 1. The van der Waals surface area contributed by atoms with Crippen LogP contribution in [0.1, 0.15) is 46.6 Å². The van der Waals surface area contributed by atoms with Gasteiger partial charge < -0.3 is 9.32 Å². The zero-order valence-electron chi connectivity index (χ0n) is 17.1. The number of aromatic nitrogens is 3. The van der Waals surface area contributed by atoms with Crippen LogP contribution in [-0.4, -0.2) is 32.5 Å². The molecule has 1 fully saturated rings. The van der Waals surface area contributed by atoms with Gasteiger partial charge in [-0.2, -0.15) is 5.10 Å². The lowest BCUT2D eigenvalue weighted by molar-refractivity contribution is 0.0708. The highest BCUT2D eigenvalue weighted by Gasteiger charge is 2.34. The third kappa shape index (κ3) is 4.03. The van der Waals surface area contributed by atoms with Crippen LogP contribution < -0.4 is 0 Å². The van der Waals surface area contributed by atoms with Gasteiger partial charge in [0.1, 0.15) is 23.3 Å². The van der Waals surface area contributed by atoms with Crippen LogP contribution in [0.4, 0.5) is 4.39 Å². The summed E-state index contributed by atoms with van der Waals surface area (Å²) in [5.41, 5.74) is 2.65. The molecule has 0 aliphatic carbocycles. The van der Waals surface area contributed by atoms with Crippen molar-refractivity contribution < 1.29 is 13.6 Å². The van der Waals surface area contributed by atoms with Crippen molar-refractivity contribution in [1.29, 1.82) is 0 Å². The summed E-state index contributed by atoms with van der Waals surface area (Å²) in [5, 5.41) is 7.71. The number of hydrogen-bond acceptors (Lipinski definition) is 4. The number of carbonyl (C=O) groups is 1. The van der Waals surface area contributed by atoms with Gasteiger partial charge in [0.05, 0.1) is 11.9 Å². The number of likely N-dealkylation sites (tertiary alicyclic amines) is 1. The zero-order chi connectivity index (χ0) is 22.1. The van der Waals surface area contributed by atoms with E-state index >= 15 is 0 Å². The number of nitrogens with one attached hydrogen (secondary N) is 1. The van der Waals surface area contributed by atoms with Gasteiger partial charge in [-0.1, -0.05) is 29.8 Å². The van der Waals surface area contributed by atoms with E-state index in [0.717, 1.165) is 24.0 Å². The van der Waals surface area contributed by atoms with Crippen LogP contribution >= 0.6 is 11.6 Å². The molecule has 5 rings (SSSR count). The molecule has 4 aromatic rings. The second-order valence-electron chi connectivity index (χ2n) is 7.76. The van der Waals surface area contributed by atoms with Crippen LogP contribution in [0.3, 0.4) is 0 Å². The molecule has 1 N–H and O–H groups in total. The average Bonchev–Trinajstić information content (AvgIpc) is 3.56. The number of aromatic amines is 1. The Bertz CT molecular complexity index is 1250. The van der Waals surface area contributed by atoms with Crippen molar-refractivity contribution >= 4 is 17.5 Å². The Hall–Kier alpha value is -3.45. The molecule has 1 atom stereocenters. The Morgan fingerprint density at radius 3 is 2.84 bits per heavy atom. The molecular formula is C24H20ClFN4O2. The van der Waals surface area contributed by atoms with Crippen molar-refractivity contribution in [3.63, 3.8) is 0 Å². The predicted molar refractivity (Wildman–Crippen MR) is 118 cm³/mol. The number of carbonyl (C=O) groups excluding carboxylic acids is 1. The van der Waals surface area contributed by atoms with Gasteiger partial charge in [-0.05, 0) is 54.8 Å². The molecule has 0 bridgehead atoms. The molecule has 3 heterocycles. The van der Waals surface area contributed by atoms with Crippen molar-refractivity contribution in [3.05, 3.63) is 94.5 Å². The molecule has 0 saturated carbocycles. The summed E-state index contributed by atoms with van der Waals surface area (Å²) >= 11 is 6.25. The minimum absolute atomic E-state index is 0.167. The van der Waals surface area contributed by atoms with Crippen molar-refractivity contribution in [2.24, 2.45) is 0 Å². The molecule has 6 nitrogen and oxygen atoms in total. The van der Waals surface area contributed by atoms with Crippen LogP contribution in [0.2, 0.25) is 5.02 Å². The summed E-state index contributed by atoms with van der Waals surface area (Å²) in [6.45, 7) is 0.608. The molecule has 1 saturated heterocycles. The standard InChI is InChI=1S/C24H20ClFN4O2/c25-19-5-2-1-4-16(19)12-18-14-27-23(32-18)22-6-3-11-30(22)24(31)21-13-20(28-29-21)15-7-9-17(26)10-8-15/h1-2,4-5,7-10,13-14,22H,3,6,11-12H2,(H,28,29)/t22-/m1/s1. The van der Waals surface area contributed by atoms with E-state index in [1.165, 1.54) is 12.1 Å². The third-order valence-corrected chi connectivity index (χ3v) is 6.01. The fourth-order valence-corrected chi connectivity index (χ4v) is 4.21. The largest absolute Gasteiger partial charge is 0.443 e. The Balaban J connectivity index is 1.33. The second kappa shape index (κ2) is 8.59. The van der Waals surface area contributed by atoms with E-state index in [4.69, 9.17) is 16.0 Å². The zero-order valence-corrected chi connectivity index (χ0v) is 17.8. The van der Waals surface area contributed by atoms with Crippen molar-refractivity contribution in [1.82, 2.24) is 20.1 Å². The van der Waals surface area contributed by atoms with Gasteiger partial charge in [0, 0.05) is 23.6 Å². The molecule has 1 amide bonds. The SMILES string of the molecule is O=C(c1cc(-c2ccc(F)cc2)n[nH]1)N1CCC[C@@H]1c1ncc(Cc2ccccc2Cl)o1. The predicted octanol–water partition coefficient (Wildman–Crippen LogP) is 5.43. The monoisotopic (exact) mass is 450 g/mol. The van der Waals surface area contributed by atoms with Crippen LogP contribution in [0.15, 0.2) is 65.2 Å². The molecule has 1 aliphatic heterocycles. The smallest absolute Gasteiger partial charge is 0.272 e. The number of nitrogens with zero attached hydrogens (tertiary/aromatic N) is 3.